The summed E-state index contributed by atoms with van der Waals surface area (Å²) in [6.07, 6.45) is 2.37. The maximum Gasteiger partial charge on any atom is 0.239 e. The topological polar surface area (TPSA) is 54.5 Å². The fourth-order valence-corrected chi connectivity index (χ4v) is 6.75. The molecule has 2 atom stereocenters. The first-order valence-corrected chi connectivity index (χ1v) is 11.7. The van der Waals surface area contributed by atoms with Gasteiger partial charge in [-0.3, -0.25) is 9.59 Å². The summed E-state index contributed by atoms with van der Waals surface area (Å²) in [7, 11) is 0. The first kappa shape index (κ1) is 20.1. The van der Waals surface area contributed by atoms with Gasteiger partial charge in [-0.2, -0.15) is 0 Å². The Kier molecular flexibility index (Phi) is 4.25. The van der Waals surface area contributed by atoms with Crippen LogP contribution in [0.25, 0.3) is 0 Å². The monoisotopic (exact) mass is 435 g/mol. The molecular formula is C29H25NO3. The molecule has 0 spiro atoms. The molecule has 2 bridgehead atoms. The molecule has 1 aliphatic heterocycles. The number of amides is 2. The third kappa shape index (κ3) is 2.28. The van der Waals surface area contributed by atoms with E-state index in [-0.39, 0.29) is 17.7 Å². The van der Waals surface area contributed by atoms with Crippen molar-refractivity contribution in [3.05, 3.63) is 100 Å². The predicted molar refractivity (Wildman–Crippen MR) is 126 cm³/mol. The zero-order valence-corrected chi connectivity index (χ0v) is 18.7. The van der Waals surface area contributed by atoms with E-state index in [0.29, 0.717) is 0 Å². The second kappa shape index (κ2) is 6.98. The van der Waals surface area contributed by atoms with Crippen molar-refractivity contribution in [3.8, 4) is 0 Å². The smallest absolute Gasteiger partial charge is 0.239 e. The maximum absolute atomic E-state index is 14.2. The van der Waals surface area contributed by atoms with Gasteiger partial charge in [0, 0.05) is 5.92 Å². The quantitative estimate of drug-likeness (QED) is 0.446. The Hall–Kier alpha value is -3.53. The average molecular weight is 436 g/mol. The van der Waals surface area contributed by atoms with E-state index in [2.05, 4.69) is 0 Å². The van der Waals surface area contributed by atoms with Crippen LogP contribution in [0.2, 0.25) is 0 Å². The zero-order chi connectivity index (χ0) is 22.9. The molecule has 7 rings (SSSR count). The van der Waals surface area contributed by atoms with Crippen molar-refractivity contribution < 1.29 is 14.4 Å². The summed E-state index contributed by atoms with van der Waals surface area (Å²) in [4.78, 5) is 42.8. The molecular weight excluding hydrogens is 410 g/mol. The number of aryl methyl sites for hydroxylation is 2. The normalized spacial score (nSPS) is 26.7. The fourth-order valence-electron chi connectivity index (χ4n) is 6.75. The molecule has 3 aliphatic carbocycles. The van der Waals surface area contributed by atoms with Crippen molar-refractivity contribution in [1.82, 2.24) is 0 Å². The van der Waals surface area contributed by atoms with E-state index in [1.165, 1.54) is 4.90 Å². The van der Waals surface area contributed by atoms with Crippen LogP contribution in [0.4, 0.5) is 5.69 Å². The predicted octanol–water partition coefficient (Wildman–Crippen LogP) is 4.56. The van der Waals surface area contributed by atoms with Crippen molar-refractivity contribution in [2.24, 2.45) is 11.8 Å². The van der Waals surface area contributed by atoms with Crippen molar-refractivity contribution in [3.63, 3.8) is 0 Å². The Labute approximate surface area is 193 Å². The number of rotatable bonds is 4. The Bertz CT molecular complexity index is 1270. The number of carbonyl (C=O) groups excluding carboxylic acids is 3. The SMILES string of the molecule is CCc1cccc(CC)c1N1C(=O)C2C3c4ccccc4C(C=O)(c4ccccc43)C2C1=O. The molecule has 0 saturated carbocycles. The second-order valence-electron chi connectivity index (χ2n) is 9.29. The Morgan fingerprint density at radius 2 is 1.33 bits per heavy atom. The van der Waals surface area contributed by atoms with Gasteiger partial charge in [0.2, 0.25) is 11.8 Å². The van der Waals surface area contributed by atoms with E-state index in [4.69, 9.17) is 0 Å². The number of anilines is 1. The van der Waals surface area contributed by atoms with Crippen molar-refractivity contribution in [2.45, 2.75) is 38.0 Å². The van der Waals surface area contributed by atoms with Crippen LogP contribution in [0.1, 0.15) is 53.1 Å². The highest BCUT2D eigenvalue weighted by atomic mass is 16.2. The lowest BCUT2D eigenvalue weighted by atomic mass is 9.48. The first-order valence-electron chi connectivity index (χ1n) is 11.7. The highest BCUT2D eigenvalue weighted by Gasteiger charge is 2.68. The Balaban J connectivity index is 1.65. The highest BCUT2D eigenvalue weighted by molar-refractivity contribution is 6.25. The molecule has 4 heteroatoms. The molecule has 2 unspecified atom stereocenters. The van der Waals surface area contributed by atoms with Crippen molar-refractivity contribution in [2.75, 3.05) is 4.90 Å². The van der Waals surface area contributed by atoms with Gasteiger partial charge in [0.05, 0.1) is 22.9 Å². The summed E-state index contributed by atoms with van der Waals surface area (Å²) in [6.45, 7) is 4.08. The van der Waals surface area contributed by atoms with E-state index >= 15 is 0 Å². The van der Waals surface area contributed by atoms with E-state index in [0.717, 1.165) is 58.2 Å². The molecule has 1 fully saturated rings. The van der Waals surface area contributed by atoms with Crippen molar-refractivity contribution >= 4 is 23.8 Å². The molecule has 1 heterocycles. The molecule has 33 heavy (non-hydrogen) atoms. The van der Waals surface area contributed by atoms with Gasteiger partial charge in [-0.15, -0.1) is 0 Å². The maximum atomic E-state index is 14.2. The van der Waals surface area contributed by atoms with Crippen LogP contribution in [0.3, 0.4) is 0 Å². The van der Waals surface area contributed by atoms with Gasteiger partial charge in [0.15, 0.2) is 0 Å². The summed E-state index contributed by atoms with van der Waals surface area (Å²) < 4.78 is 0. The lowest BCUT2D eigenvalue weighted by molar-refractivity contribution is -0.128. The zero-order valence-electron chi connectivity index (χ0n) is 18.7. The minimum Gasteiger partial charge on any atom is -0.302 e. The Morgan fingerprint density at radius 3 is 1.85 bits per heavy atom. The molecule has 0 radical (unpaired) electrons. The van der Waals surface area contributed by atoms with Crippen molar-refractivity contribution in [1.29, 1.82) is 0 Å². The molecule has 164 valence electrons. The van der Waals surface area contributed by atoms with E-state index in [1.807, 2.05) is 80.6 Å². The minimum absolute atomic E-state index is 0.180. The molecule has 2 amide bonds. The number of hydrogen-bond acceptors (Lipinski definition) is 3. The van der Waals surface area contributed by atoms with Gasteiger partial charge < -0.3 is 4.79 Å². The number of benzene rings is 3. The highest BCUT2D eigenvalue weighted by Crippen LogP contribution is 2.63. The van der Waals surface area contributed by atoms with Gasteiger partial charge in [0.25, 0.3) is 0 Å². The summed E-state index contributed by atoms with van der Waals surface area (Å²) in [5.41, 5.74) is 5.26. The Morgan fingerprint density at radius 1 is 0.788 bits per heavy atom. The van der Waals surface area contributed by atoms with Gasteiger partial charge in [-0.1, -0.05) is 80.6 Å². The van der Waals surface area contributed by atoms with Crippen LogP contribution in [-0.2, 0) is 32.6 Å². The van der Waals surface area contributed by atoms with Crippen LogP contribution < -0.4 is 4.90 Å². The third-order valence-corrected chi connectivity index (χ3v) is 8.06. The number of hydrogen-bond donors (Lipinski definition) is 0. The number of nitrogens with zero attached hydrogens (tertiary/aromatic N) is 1. The lowest BCUT2D eigenvalue weighted by Gasteiger charge is -2.51. The van der Waals surface area contributed by atoms with E-state index < -0.39 is 17.3 Å². The largest absolute Gasteiger partial charge is 0.302 e. The average Bonchev–Trinajstić information content (AvgIpc) is 3.13. The lowest BCUT2D eigenvalue weighted by Crippen LogP contribution is -2.54. The van der Waals surface area contributed by atoms with Crippen LogP contribution in [0.5, 0.6) is 0 Å². The number of para-hydroxylation sites is 1. The number of aldehydes is 1. The van der Waals surface area contributed by atoms with Crippen LogP contribution >= 0.6 is 0 Å². The van der Waals surface area contributed by atoms with Gasteiger partial charge in [-0.05, 0) is 46.2 Å². The summed E-state index contributed by atoms with van der Waals surface area (Å²) >= 11 is 0. The van der Waals surface area contributed by atoms with Gasteiger partial charge >= 0.3 is 0 Å². The van der Waals surface area contributed by atoms with Gasteiger partial charge in [-0.25, -0.2) is 4.90 Å². The molecule has 4 aliphatic rings. The van der Waals surface area contributed by atoms with Gasteiger partial charge in [0.1, 0.15) is 6.29 Å². The molecule has 3 aromatic rings. The molecule has 1 saturated heterocycles. The number of carbonyl (C=O) groups is 3. The van der Waals surface area contributed by atoms with Crippen LogP contribution in [-0.4, -0.2) is 18.1 Å². The number of imide groups is 1. The van der Waals surface area contributed by atoms with E-state index in [1.54, 1.807) is 0 Å². The van der Waals surface area contributed by atoms with E-state index in [9.17, 15) is 14.4 Å². The molecule has 4 nitrogen and oxygen atoms in total. The molecule has 0 aromatic heterocycles. The fraction of sp³-hybridized carbons (Fsp3) is 0.276. The summed E-state index contributed by atoms with van der Waals surface area (Å²) in [5.74, 6) is -1.97. The third-order valence-electron chi connectivity index (χ3n) is 8.06. The second-order valence-corrected chi connectivity index (χ2v) is 9.29. The standard InChI is InChI=1S/C29H25NO3/c1-3-17-10-9-11-18(4-2)26(17)30-27(32)24-23-19-12-5-7-14-21(19)29(16-31,25(24)28(30)33)22-15-8-6-13-20(22)23/h5-16,23-25H,3-4H2,1-2H3. The summed E-state index contributed by atoms with van der Waals surface area (Å²) in [6, 6.07) is 21.7. The molecule has 3 aromatic carbocycles. The van der Waals surface area contributed by atoms with Crippen LogP contribution in [0.15, 0.2) is 66.7 Å². The summed E-state index contributed by atoms with van der Waals surface area (Å²) in [5, 5.41) is 0. The minimum atomic E-state index is -1.15. The van der Waals surface area contributed by atoms with Crippen LogP contribution in [0, 0.1) is 11.8 Å². The molecule has 0 N–H and O–H groups in total. The first-order chi connectivity index (χ1) is 16.1.